The van der Waals surface area contributed by atoms with Gasteiger partial charge in [0.05, 0.1) is 19.1 Å². The van der Waals surface area contributed by atoms with Crippen molar-refractivity contribution in [1.29, 1.82) is 0 Å². The Hall–Kier alpha value is -4.08. The fraction of sp³-hybridized carbons (Fsp3) is 0.105. The number of para-hydroxylation sites is 1. The van der Waals surface area contributed by atoms with E-state index in [-0.39, 0.29) is 24.1 Å². The Balaban J connectivity index is 1.56. The molecule has 0 atom stereocenters. The maximum Gasteiger partial charge on any atom is 0.261 e. The van der Waals surface area contributed by atoms with Crippen LogP contribution < -0.4 is 15.8 Å². The average Bonchev–Trinajstić information content (AvgIpc) is 3.15. The van der Waals surface area contributed by atoms with Gasteiger partial charge in [-0.15, -0.1) is 0 Å². The molecule has 0 radical (unpaired) electrons. The standard InChI is InChI=1S/C19H16FN7O2/c1-28-14-8-3-2-7-13(14)17-23-16(27-29-17)10-15-24-18(21)26-19(25-15)22-12-6-4-5-11(20)9-12/h2-9H,10H2,1H3,(H3,21,22,24,25,26). The molecule has 4 aromatic rings. The molecule has 0 unspecified atom stereocenters. The quantitative estimate of drug-likeness (QED) is 0.508. The van der Waals surface area contributed by atoms with Gasteiger partial charge in [0.1, 0.15) is 17.4 Å². The number of hydrogen-bond acceptors (Lipinski definition) is 9. The van der Waals surface area contributed by atoms with Crippen molar-refractivity contribution in [2.45, 2.75) is 6.42 Å². The molecule has 2 heterocycles. The van der Waals surface area contributed by atoms with Crippen molar-refractivity contribution in [2.24, 2.45) is 0 Å². The lowest BCUT2D eigenvalue weighted by Gasteiger charge is -2.06. The van der Waals surface area contributed by atoms with E-state index in [1.807, 2.05) is 18.2 Å². The molecule has 9 nitrogen and oxygen atoms in total. The fourth-order valence-electron chi connectivity index (χ4n) is 2.67. The van der Waals surface area contributed by atoms with Crippen LogP contribution in [0.4, 0.5) is 22.0 Å². The highest BCUT2D eigenvalue weighted by Gasteiger charge is 2.15. The van der Waals surface area contributed by atoms with Crippen LogP contribution in [-0.4, -0.2) is 32.2 Å². The number of nitrogens with two attached hydrogens (primary N) is 1. The topological polar surface area (TPSA) is 125 Å². The van der Waals surface area contributed by atoms with Gasteiger partial charge in [-0.3, -0.25) is 0 Å². The number of nitrogens with zero attached hydrogens (tertiary/aromatic N) is 5. The molecule has 3 N–H and O–H groups in total. The minimum absolute atomic E-state index is 0.0161. The van der Waals surface area contributed by atoms with Crippen LogP contribution in [0.3, 0.4) is 0 Å². The van der Waals surface area contributed by atoms with Crippen LogP contribution in [0.5, 0.6) is 5.75 Å². The van der Waals surface area contributed by atoms with Crippen LogP contribution >= 0.6 is 0 Å². The van der Waals surface area contributed by atoms with Gasteiger partial charge >= 0.3 is 0 Å². The summed E-state index contributed by atoms with van der Waals surface area (Å²) in [7, 11) is 1.57. The highest BCUT2D eigenvalue weighted by Crippen LogP contribution is 2.28. The number of nitrogen functional groups attached to an aromatic ring is 1. The number of halogens is 1. The summed E-state index contributed by atoms with van der Waals surface area (Å²) >= 11 is 0. The Bertz CT molecular complexity index is 1150. The van der Waals surface area contributed by atoms with Gasteiger partial charge in [-0.05, 0) is 30.3 Å². The number of ether oxygens (including phenoxy) is 1. The fourth-order valence-corrected chi connectivity index (χ4v) is 2.67. The SMILES string of the molecule is COc1ccccc1-c1nc(Cc2nc(N)nc(Nc3cccc(F)c3)n2)no1. The zero-order chi connectivity index (χ0) is 20.2. The van der Waals surface area contributed by atoms with Crippen LogP contribution in [0, 0.1) is 5.82 Å². The van der Waals surface area contributed by atoms with E-state index in [1.165, 1.54) is 12.1 Å². The smallest absolute Gasteiger partial charge is 0.261 e. The zero-order valence-corrected chi connectivity index (χ0v) is 15.3. The van der Waals surface area contributed by atoms with E-state index >= 15 is 0 Å². The van der Waals surface area contributed by atoms with Crippen LogP contribution in [0.15, 0.2) is 53.1 Å². The summed E-state index contributed by atoms with van der Waals surface area (Å²) < 4.78 is 24.0. The van der Waals surface area contributed by atoms with Gasteiger partial charge in [0.2, 0.25) is 11.9 Å². The molecule has 2 aromatic carbocycles. The summed E-state index contributed by atoms with van der Waals surface area (Å²) in [6, 6.07) is 13.2. The van der Waals surface area contributed by atoms with Crippen molar-refractivity contribution in [2.75, 3.05) is 18.2 Å². The molecule has 0 saturated heterocycles. The van der Waals surface area contributed by atoms with E-state index in [2.05, 4.69) is 30.4 Å². The van der Waals surface area contributed by atoms with Gasteiger partial charge in [-0.2, -0.15) is 19.9 Å². The lowest BCUT2D eigenvalue weighted by molar-refractivity contribution is 0.403. The Labute approximate surface area is 164 Å². The number of methoxy groups -OCH3 is 1. The minimum atomic E-state index is -0.382. The Morgan fingerprint density at radius 3 is 2.72 bits per heavy atom. The van der Waals surface area contributed by atoms with E-state index in [4.69, 9.17) is 15.0 Å². The van der Waals surface area contributed by atoms with Crippen molar-refractivity contribution in [3.05, 3.63) is 66.0 Å². The van der Waals surface area contributed by atoms with Gasteiger partial charge in [0.25, 0.3) is 5.89 Å². The van der Waals surface area contributed by atoms with Crippen LogP contribution in [0.1, 0.15) is 11.6 Å². The van der Waals surface area contributed by atoms with Crippen molar-refractivity contribution >= 4 is 17.6 Å². The first-order valence-corrected chi connectivity index (χ1v) is 8.60. The third-order valence-corrected chi connectivity index (χ3v) is 3.90. The molecule has 0 aliphatic heterocycles. The highest BCUT2D eigenvalue weighted by molar-refractivity contribution is 5.62. The molecule has 0 aliphatic rings. The average molecular weight is 393 g/mol. The lowest BCUT2D eigenvalue weighted by atomic mass is 10.2. The maximum atomic E-state index is 13.4. The van der Waals surface area contributed by atoms with Crippen LogP contribution in [0.2, 0.25) is 0 Å². The van der Waals surface area contributed by atoms with Crippen LogP contribution in [0.25, 0.3) is 11.5 Å². The zero-order valence-electron chi connectivity index (χ0n) is 15.3. The minimum Gasteiger partial charge on any atom is -0.496 e. The molecule has 146 valence electrons. The normalized spacial score (nSPS) is 10.7. The predicted molar refractivity (Wildman–Crippen MR) is 103 cm³/mol. The monoisotopic (exact) mass is 393 g/mol. The molecule has 0 aliphatic carbocycles. The molecular weight excluding hydrogens is 377 g/mol. The molecule has 0 saturated carbocycles. The summed E-state index contributed by atoms with van der Waals surface area (Å²) in [4.78, 5) is 16.8. The first kappa shape index (κ1) is 18.3. The number of rotatable bonds is 6. The summed E-state index contributed by atoms with van der Waals surface area (Å²) in [5.74, 6) is 1.46. The highest BCUT2D eigenvalue weighted by atomic mass is 19.1. The molecule has 4 rings (SSSR count). The summed E-state index contributed by atoms with van der Waals surface area (Å²) in [5.41, 5.74) is 6.94. The van der Waals surface area contributed by atoms with Crippen LogP contribution in [-0.2, 0) is 6.42 Å². The number of benzene rings is 2. The van der Waals surface area contributed by atoms with Crippen molar-refractivity contribution < 1.29 is 13.7 Å². The van der Waals surface area contributed by atoms with Crippen molar-refractivity contribution in [3.63, 3.8) is 0 Å². The summed E-state index contributed by atoms with van der Waals surface area (Å²) in [5, 5.41) is 6.86. The first-order chi connectivity index (χ1) is 14.1. The van der Waals surface area contributed by atoms with Gasteiger partial charge in [0, 0.05) is 5.69 Å². The Kier molecular flexibility index (Phi) is 4.97. The van der Waals surface area contributed by atoms with E-state index < -0.39 is 0 Å². The molecule has 29 heavy (non-hydrogen) atoms. The molecule has 0 spiro atoms. The molecular formula is C19H16FN7O2. The van der Waals surface area contributed by atoms with Gasteiger partial charge in [0.15, 0.2) is 5.82 Å². The second-order valence-corrected chi connectivity index (χ2v) is 5.96. The number of nitrogens with one attached hydrogen (secondary N) is 1. The van der Waals surface area contributed by atoms with Gasteiger partial charge in [-0.1, -0.05) is 23.4 Å². The second-order valence-electron chi connectivity index (χ2n) is 5.96. The van der Waals surface area contributed by atoms with E-state index in [0.29, 0.717) is 34.5 Å². The predicted octanol–water partition coefficient (Wildman–Crippen LogP) is 2.99. The maximum absolute atomic E-state index is 13.4. The second kappa shape index (κ2) is 7.89. The largest absolute Gasteiger partial charge is 0.496 e. The van der Waals surface area contributed by atoms with Crippen molar-refractivity contribution in [1.82, 2.24) is 25.1 Å². The van der Waals surface area contributed by atoms with E-state index in [0.717, 1.165) is 0 Å². The lowest BCUT2D eigenvalue weighted by Crippen LogP contribution is -2.08. The van der Waals surface area contributed by atoms with E-state index in [1.54, 1.807) is 25.3 Å². The third kappa shape index (κ3) is 4.26. The number of anilines is 3. The molecule has 0 bridgehead atoms. The van der Waals surface area contributed by atoms with Gasteiger partial charge in [-0.25, -0.2) is 4.39 Å². The Morgan fingerprint density at radius 2 is 1.90 bits per heavy atom. The molecule has 2 aromatic heterocycles. The number of aromatic nitrogens is 5. The Morgan fingerprint density at radius 1 is 1.03 bits per heavy atom. The molecule has 0 amide bonds. The number of hydrogen-bond donors (Lipinski definition) is 2. The molecule has 10 heteroatoms. The van der Waals surface area contributed by atoms with Crippen molar-refractivity contribution in [3.8, 4) is 17.2 Å². The first-order valence-electron chi connectivity index (χ1n) is 8.60. The summed E-state index contributed by atoms with van der Waals surface area (Å²) in [6.45, 7) is 0. The van der Waals surface area contributed by atoms with Gasteiger partial charge < -0.3 is 20.3 Å². The third-order valence-electron chi connectivity index (χ3n) is 3.90. The molecule has 0 fully saturated rings. The van der Waals surface area contributed by atoms with E-state index in [9.17, 15) is 4.39 Å². The summed E-state index contributed by atoms with van der Waals surface area (Å²) in [6.07, 6.45) is 0.170.